The van der Waals surface area contributed by atoms with Gasteiger partial charge in [-0.3, -0.25) is 23.8 Å². The van der Waals surface area contributed by atoms with Gasteiger partial charge in [0.25, 0.3) is 11.5 Å². The SMILES string of the molecule is COc1ccc(CCN2C(=O)/C(=C\c3c(N4CCN(CCO)CC4)nc4ccccn4c3=O)SC2=S)cc1. The smallest absolute Gasteiger partial charge is 0.267 e. The molecule has 4 heterocycles. The van der Waals surface area contributed by atoms with Crippen LogP contribution in [0.3, 0.4) is 0 Å². The van der Waals surface area contributed by atoms with Crippen LogP contribution in [0.25, 0.3) is 11.7 Å². The minimum absolute atomic E-state index is 0.112. The second-order valence-corrected chi connectivity index (χ2v) is 10.7. The molecule has 0 unspecified atom stereocenters. The van der Waals surface area contributed by atoms with Gasteiger partial charge in [0, 0.05) is 45.5 Å². The van der Waals surface area contributed by atoms with Crippen molar-refractivity contribution in [1.82, 2.24) is 19.2 Å². The number of pyridine rings is 1. The van der Waals surface area contributed by atoms with Crippen LogP contribution in [0.5, 0.6) is 5.75 Å². The van der Waals surface area contributed by atoms with E-state index in [0.717, 1.165) is 24.4 Å². The van der Waals surface area contributed by atoms with Crippen molar-refractivity contribution in [3.63, 3.8) is 0 Å². The van der Waals surface area contributed by atoms with Crippen molar-refractivity contribution in [2.45, 2.75) is 6.42 Å². The largest absolute Gasteiger partial charge is 0.497 e. The predicted molar refractivity (Wildman–Crippen MR) is 154 cm³/mol. The lowest BCUT2D eigenvalue weighted by Crippen LogP contribution is -2.48. The van der Waals surface area contributed by atoms with Gasteiger partial charge in [-0.1, -0.05) is 42.2 Å². The van der Waals surface area contributed by atoms with Crippen LogP contribution in [-0.4, -0.2) is 87.5 Å². The molecule has 1 aromatic carbocycles. The number of hydrogen-bond donors (Lipinski definition) is 1. The predicted octanol–water partition coefficient (Wildman–Crippen LogP) is 2.26. The molecule has 1 N–H and O–H groups in total. The number of carbonyl (C=O) groups excluding carboxylic acids is 1. The van der Waals surface area contributed by atoms with Gasteiger partial charge in [-0.2, -0.15) is 0 Å². The Labute approximate surface area is 230 Å². The molecule has 38 heavy (non-hydrogen) atoms. The van der Waals surface area contributed by atoms with Crippen LogP contribution in [-0.2, 0) is 11.2 Å². The van der Waals surface area contributed by atoms with Crippen LogP contribution in [0.2, 0.25) is 0 Å². The first-order chi connectivity index (χ1) is 18.5. The second-order valence-electron chi connectivity index (χ2n) is 9.07. The van der Waals surface area contributed by atoms with Gasteiger partial charge in [0.05, 0.1) is 24.2 Å². The summed E-state index contributed by atoms with van der Waals surface area (Å²) >= 11 is 6.76. The summed E-state index contributed by atoms with van der Waals surface area (Å²) in [4.78, 5) is 38.1. The molecule has 2 aliphatic rings. The molecule has 2 aromatic heterocycles. The molecule has 0 aliphatic carbocycles. The number of nitrogens with zero attached hydrogens (tertiary/aromatic N) is 5. The highest BCUT2D eigenvalue weighted by Crippen LogP contribution is 2.34. The minimum atomic E-state index is -0.230. The van der Waals surface area contributed by atoms with Crippen LogP contribution in [0.4, 0.5) is 5.82 Å². The number of thiocarbonyl (C=S) groups is 1. The number of rotatable bonds is 8. The number of aromatic nitrogens is 2. The molecule has 198 valence electrons. The van der Waals surface area contributed by atoms with Gasteiger partial charge in [0.15, 0.2) is 0 Å². The standard InChI is InChI=1S/C27H29N5O4S2/c1-36-20-7-5-19(6-8-20)9-11-32-26(35)22(38-27(32)37)18-21-24(30-14-12-29(13-15-30)16-17-33)28-23-4-2-3-10-31(23)25(21)34/h2-8,10,18,33H,9,11-17H2,1H3/b22-18+. The number of aliphatic hydroxyl groups excluding tert-OH is 1. The summed E-state index contributed by atoms with van der Waals surface area (Å²) in [7, 11) is 1.63. The zero-order valence-corrected chi connectivity index (χ0v) is 22.7. The summed E-state index contributed by atoms with van der Waals surface area (Å²) in [5.41, 5.74) is 1.77. The van der Waals surface area contributed by atoms with Crippen molar-refractivity contribution >= 4 is 51.7 Å². The summed E-state index contributed by atoms with van der Waals surface area (Å²) in [6.07, 6.45) is 3.98. The Bertz CT molecular complexity index is 1430. The molecular weight excluding hydrogens is 522 g/mol. The molecule has 0 bridgehead atoms. The Balaban J connectivity index is 1.42. The number of benzene rings is 1. The van der Waals surface area contributed by atoms with Crippen molar-refractivity contribution in [2.75, 3.05) is 57.9 Å². The summed E-state index contributed by atoms with van der Waals surface area (Å²) in [6.45, 7) is 4.02. The normalized spacial score (nSPS) is 17.7. The Morgan fingerprint density at radius 1 is 1.08 bits per heavy atom. The second kappa shape index (κ2) is 11.6. The molecule has 2 aliphatic heterocycles. The molecule has 0 radical (unpaired) electrons. The molecule has 9 nitrogen and oxygen atoms in total. The van der Waals surface area contributed by atoms with Gasteiger partial charge < -0.3 is 14.7 Å². The number of anilines is 1. The number of β-amino-alcohol motifs (C(OH)–C–C–N with tert-alkyl or cyclic N) is 1. The molecule has 1 amide bonds. The lowest BCUT2D eigenvalue weighted by atomic mass is 10.1. The van der Waals surface area contributed by atoms with Crippen molar-refractivity contribution in [1.29, 1.82) is 0 Å². The first-order valence-corrected chi connectivity index (χ1v) is 13.7. The highest BCUT2D eigenvalue weighted by molar-refractivity contribution is 8.26. The molecule has 2 fully saturated rings. The number of carbonyl (C=O) groups is 1. The van der Waals surface area contributed by atoms with E-state index < -0.39 is 0 Å². The maximum Gasteiger partial charge on any atom is 0.267 e. The van der Waals surface area contributed by atoms with E-state index >= 15 is 0 Å². The lowest BCUT2D eigenvalue weighted by Gasteiger charge is -2.35. The van der Waals surface area contributed by atoms with Gasteiger partial charge in [0.1, 0.15) is 21.5 Å². The third-order valence-corrected chi connectivity index (χ3v) is 8.15. The van der Waals surface area contributed by atoms with Crippen LogP contribution in [0.15, 0.2) is 58.4 Å². The Kier molecular flexibility index (Phi) is 8.08. The number of methoxy groups -OCH3 is 1. The summed E-state index contributed by atoms with van der Waals surface area (Å²) < 4.78 is 7.19. The first-order valence-electron chi connectivity index (χ1n) is 12.5. The van der Waals surface area contributed by atoms with Crippen LogP contribution < -0.4 is 15.2 Å². The zero-order valence-electron chi connectivity index (χ0n) is 21.1. The van der Waals surface area contributed by atoms with Gasteiger partial charge in [0.2, 0.25) is 0 Å². The number of aliphatic hydroxyl groups is 1. The van der Waals surface area contributed by atoms with Gasteiger partial charge >= 0.3 is 0 Å². The monoisotopic (exact) mass is 551 g/mol. The fourth-order valence-electron chi connectivity index (χ4n) is 4.64. The average molecular weight is 552 g/mol. The molecule has 11 heteroatoms. The quantitative estimate of drug-likeness (QED) is 0.334. The first kappa shape index (κ1) is 26.4. The molecular formula is C27H29N5O4S2. The molecule has 0 atom stereocenters. The van der Waals surface area contributed by atoms with Gasteiger partial charge in [-0.15, -0.1) is 0 Å². The van der Waals surface area contributed by atoms with E-state index in [2.05, 4.69) is 9.80 Å². The molecule has 0 spiro atoms. The van der Waals surface area contributed by atoms with E-state index in [1.165, 1.54) is 16.2 Å². The topological polar surface area (TPSA) is 90.6 Å². The van der Waals surface area contributed by atoms with Crippen LogP contribution >= 0.6 is 24.0 Å². The fraction of sp³-hybridized carbons (Fsp3) is 0.333. The number of piperazine rings is 1. The molecule has 5 rings (SSSR count). The molecule has 0 saturated carbocycles. The maximum atomic E-state index is 13.6. The summed E-state index contributed by atoms with van der Waals surface area (Å²) in [6, 6.07) is 13.2. The van der Waals surface area contributed by atoms with E-state index in [1.807, 2.05) is 30.3 Å². The highest BCUT2D eigenvalue weighted by Gasteiger charge is 2.33. The van der Waals surface area contributed by atoms with E-state index in [-0.39, 0.29) is 18.1 Å². The Morgan fingerprint density at radius 3 is 2.55 bits per heavy atom. The number of thioether (sulfide) groups is 1. The van der Waals surface area contributed by atoms with Gasteiger partial charge in [-0.05, 0) is 42.3 Å². The van der Waals surface area contributed by atoms with E-state index in [1.54, 1.807) is 36.4 Å². The maximum absolute atomic E-state index is 13.6. The third kappa shape index (κ3) is 5.46. The number of amides is 1. The van der Waals surface area contributed by atoms with Crippen LogP contribution in [0, 0.1) is 0 Å². The zero-order chi connectivity index (χ0) is 26.6. The lowest BCUT2D eigenvalue weighted by molar-refractivity contribution is -0.122. The van der Waals surface area contributed by atoms with Crippen molar-refractivity contribution in [3.05, 3.63) is 75.0 Å². The van der Waals surface area contributed by atoms with E-state index in [9.17, 15) is 14.7 Å². The minimum Gasteiger partial charge on any atom is -0.497 e. The van der Waals surface area contributed by atoms with Crippen molar-refractivity contribution < 1.29 is 14.6 Å². The highest BCUT2D eigenvalue weighted by atomic mass is 32.2. The molecule has 3 aromatic rings. The van der Waals surface area contributed by atoms with Gasteiger partial charge in [-0.25, -0.2) is 4.98 Å². The average Bonchev–Trinajstić information content (AvgIpc) is 3.21. The Morgan fingerprint density at radius 2 is 1.84 bits per heavy atom. The molecule has 2 saturated heterocycles. The van der Waals surface area contributed by atoms with E-state index in [0.29, 0.717) is 58.9 Å². The fourth-order valence-corrected chi connectivity index (χ4v) is 5.93. The third-order valence-electron chi connectivity index (χ3n) is 6.77. The summed E-state index contributed by atoms with van der Waals surface area (Å²) in [5, 5.41) is 9.28. The van der Waals surface area contributed by atoms with Crippen LogP contribution in [0.1, 0.15) is 11.1 Å². The number of ether oxygens (including phenoxy) is 1. The van der Waals surface area contributed by atoms with Crippen molar-refractivity contribution in [3.8, 4) is 5.75 Å². The summed E-state index contributed by atoms with van der Waals surface area (Å²) in [5.74, 6) is 1.14. The number of fused-ring (bicyclic) bond motifs is 1. The van der Waals surface area contributed by atoms with Crippen molar-refractivity contribution in [2.24, 2.45) is 0 Å². The van der Waals surface area contributed by atoms with E-state index in [4.69, 9.17) is 21.9 Å². The Hall–Kier alpha value is -3.25. The number of hydrogen-bond acceptors (Lipinski definition) is 9.